The standard InChI is InChI=1S/C10H14N2O2/c1-2-10(9(12)14)5-3-7(4-6-10)8(11)13/h2-3H,1,4-6H2,(H2,11,13)(H2,12,14). The molecule has 0 aliphatic heterocycles. The summed E-state index contributed by atoms with van der Waals surface area (Å²) in [4.78, 5) is 22.0. The fourth-order valence-electron chi connectivity index (χ4n) is 1.60. The summed E-state index contributed by atoms with van der Waals surface area (Å²) in [5, 5.41) is 0. The van der Waals surface area contributed by atoms with Crippen molar-refractivity contribution in [2.24, 2.45) is 16.9 Å². The zero-order chi connectivity index (χ0) is 10.8. The minimum absolute atomic E-state index is 0.396. The number of hydrogen-bond acceptors (Lipinski definition) is 2. The van der Waals surface area contributed by atoms with E-state index in [1.165, 1.54) is 0 Å². The van der Waals surface area contributed by atoms with Crippen molar-refractivity contribution in [3.05, 3.63) is 24.3 Å². The Morgan fingerprint density at radius 3 is 2.43 bits per heavy atom. The summed E-state index contributed by atoms with van der Waals surface area (Å²) >= 11 is 0. The van der Waals surface area contributed by atoms with Crippen molar-refractivity contribution in [1.29, 1.82) is 0 Å². The first-order valence-corrected chi connectivity index (χ1v) is 4.44. The van der Waals surface area contributed by atoms with Crippen LogP contribution in [-0.4, -0.2) is 11.8 Å². The predicted octanol–water partition coefficient (Wildman–Crippen LogP) is 0.240. The maximum absolute atomic E-state index is 11.2. The Kier molecular flexibility index (Phi) is 2.74. The van der Waals surface area contributed by atoms with E-state index in [0.29, 0.717) is 24.8 Å². The molecule has 0 aromatic carbocycles. The van der Waals surface area contributed by atoms with Gasteiger partial charge in [0.05, 0.1) is 5.41 Å². The molecule has 0 saturated heterocycles. The van der Waals surface area contributed by atoms with Crippen LogP contribution in [-0.2, 0) is 9.59 Å². The zero-order valence-electron chi connectivity index (χ0n) is 7.95. The topological polar surface area (TPSA) is 86.2 Å². The van der Waals surface area contributed by atoms with E-state index in [-0.39, 0.29) is 0 Å². The van der Waals surface area contributed by atoms with Crippen molar-refractivity contribution >= 4 is 11.8 Å². The van der Waals surface area contributed by atoms with Gasteiger partial charge in [-0.3, -0.25) is 9.59 Å². The number of amides is 2. The third-order valence-corrected chi connectivity index (χ3v) is 2.75. The highest BCUT2D eigenvalue weighted by atomic mass is 16.1. The van der Waals surface area contributed by atoms with Crippen LogP contribution in [0.25, 0.3) is 0 Å². The van der Waals surface area contributed by atoms with Gasteiger partial charge in [0.25, 0.3) is 0 Å². The van der Waals surface area contributed by atoms with Crippen molar-refractivity contribution in [2.45, 2.75) is 19.3 Å². The summed E-state index contributed by atoms with van der Waals surface area (Å²) < 4.78 is 0. The van der Waals surface area contributed by atoms with Crippen LogP contribution >= 0.6 is 0 Å². The van der Waals surface area contributed by atoms with Crippen molar-refractivity contribution < 1.29 is 9.59 Å². The molecule has 1 rings (SSSR count). The lowest BCUT2D eigenvalue weighted by atomic mass is 9.74. The van der Waals surface area contributed by atoms with Crippen LogP contribution in [0.1, 0.15) is 19.3 Å². The monoisotopic (exact) mass is 194 g/mol. The Morgan fingerprint density at radius 2 is 2.14 bits per heavy atom. The van der Waals surface area contributed by atoms with Crippen LogP contribution in [0.15, 0.2) is 24.3 Å². The van der Waals surface area contributed by atoms with Gasteiger partial charge in [0.15, 0.2) is 0 Å². The average Bonchev–Trinajstić information content (AvgIpc) is 2.17. The molecule has 1 aliphatic rings. The second-order valence-corrected chi connectivity index (χ2v) is 3.52. The fraction of sp³-hybridized carbons (Fsp3) is 0.400. The lowest BCUT2D eigenvalue weighted by Crippen LogP contribution is -2.37. The Balaban J connectivity index is 2.88. The van der Waals surface area contributed by atoms with Crippen molar-refractivity contribution in [3.8, 4) is 0 Å². The molecule has 2 amide bonds. The summed E-state index contributed by atoms with van der Waals surface area (Å²) in [5.41, 5.74) is 10.3. The van der Waals surface area contributed by atoms with E-state index in [1.807, 2.05) is 0 Å². The molecular formula is C10H14N2O2. The summed E-state index contributed by atoms with van der Waals surface area (Å²) in [6.07, 6.45) is 4.66. The van der Waals surface area contributed by atoms with E-state index in [9.17, 15) is 9.59 Å². The Bertz CT molecular complexity index is 320. The number of nitrogens with two attached hydrogens (primary N) is 2. The van der Waals surface area contributed by atoms with Gasteiger partial charge in [-0.1, -0.05) is 12.2 Å². The van der Waals surface area contributed by atoms with Gasteiger partial charge in [-0.05, 0) is 19.3 Å². The van der Waals surface area contributed by atoms with Gasteiger partial charge in [0.2, 0.25) is 11.8 Å². The van der Waals surface area contributed by atoms with Crippen LogP contribution in [0, 0.1) is 5.41 Å². The molecule has 0 radical (unpaired) electrons. The second-order valence-electron chi connectivity index (χ2n) is 3.52. The Labute approximate surface area is 82.6 Å². The van der Waals surface area contributed by atoms with E-state index in [0.717, 1.165) is 0 Å². The minimum atomic E-state index is -0.695. The zero-order valence-corrected chi connectivity index (χ0v) is 7.95. The van der Waals surface area contributed by atoms with Gasteiger partial charge >= 0.3 is 0 Å². The normalized spacial score (nSPS) is 26.4. The molecule has 4 nitrogen and oxygen atoms in total. The molecule has 76 valence electrons. The van der Waals surface area contributed by atoms with Gasteiger partial charge < -0.3 is 11.5 Å². The van der Waals surface area contributed by atoms with Gasteiger partial charge in [-0.15, -0.1) is 6.58 Å². The predicted molar refractivity (Wildman–Crippen MR) is 53.0 cm³/mol. The maximum Gasteiger partial charge on any atom is 0.244 e. The lowest BCUT2D eigenvalue weighted by molar-refractivity contribution is -0.126. The van der Waals surface area contributed by atoms with Crippen LogP contribution < -0.4 is 11.5 Å². The third kappa shape index (κ3) is 1.69. The van der Waals surface area contributed by atoms with E-state index < -0.39 is 17.2 Å². The maximum atomic E-state index is 11.2. The summed E-state index contributed by atoms with van der Waals surface area (Å²) in [6, 6.07) is 0. The first-order chi connectivity index (χ1) is 6.52. The lowest BCUT2D eigenvalue weighted by Gasteiger charge is -2.29. The van der Waals surface area contributed by atoms with Gasteiger partial charge in [-0.25, -0.2) is 0 Å². The molecular weight excluding hydrogens is 180 g/mol. The molecule has 1 unspecified atom stereocenters. The fourth-order valence-corrected chi connectivity index (χ4v) is 1.60. The highest BCUT2D eigenvalue weighted by Crippen LogP contribution is 2.35. The van der Waals surface area contributed by atoms with Crippen LogP contribution in [0.2, 0.25) is 0 Å². The van der Waals surface area contributed by atoms with E-state index in [1.54, 1.807) is 12.2 Å². The molecule has 0 bridgehead atoms. The number of carbonyl (C=O) groups excluding carboxylic acids is 2. The van der Waals surface area contributed by atoms with Crippen LogP contribution in [0.4, 0.5) is 0 Å². The Hall–Kier alpha value is -1.58. The van der Waals surface area contributed by atoms with E-state index in [2.05, 4.69) is 6.58 Å². The van der Waals surface area contributed by atoms with Gasteiger partial charge in [-0.2, -0.15) is 0 Å². The molecule has 0 saturated carbocycles. The molecule has 0 heterocycles. The molecule has 0 fully saturated rings. The van der Waals surface area contributed by atoms with Gasteiger partial charge in [0, 0.05) is 5.57 Å². The van der Waals surface area contributed by atoms with Crippen molar-refractivity contribution in [2.75, 3.05) is 0 Å². The molecule has 1 atom stereocenters. The largest absolute Gasteiger partial charge is 0.369 e. The van der Waals surface area contributed by atoms with Crippen LogP contribution in [0.5, 0.6) is 0 Å². The summed E-state index contributed by atoms with van der Waals surface area (Å²) in [7, 11) is 0. The number of hydrogen-bond donors (Lipinski definition) is 2. The minimum Gasteiger partial charge on any atom is -0.369 e. The van der Waals surface area contributed by atoms with Gasteiger partial charge in [0.1, 0.15) is 0 Å². The highest BCUT2D eigenvalue weighted by Gasteiger charge is 2.35. The number of primary amides is 2. The molecule has 0 spiro atoms. The highest BCUT2D eigenvalue weighted by molar-refractivity contribution is 5.93. The van der Waals surface area contributed by atoms with Crippen LogP contribution in [0.3, 0.4) is 0 Å². The van der Waals surface area contributed by atoms with Crippen molar-refractivity contribution in [1.82, 2.24) is 0 Å². The Morgan fingerprint density at radius 1 is 1.50 bits per heavy atom. The smallest absolute Gasteiger partial charge is 0.244 e. The SMILES string of the molecule is C=CC1(C(N)=O)CC=C(C(N)=O)CC1. The number of rotatable bonds is 3. The number of allylic oxidation sites excluding steroid dienone is 1. The second kappa shape index (κ2) is 3.65. The quantitative estimate of drug-likeness (QED) is 0.630. The molecule has 4 N–H and O–H groups in total. The summed E-state index contributed by atoms with van der Waals surface area (Å²) in [5.74, 6) is -0.820. The summed E-state index contributed by atoms with van der Waals surface area (Å²) in [6.45, 7) is 3.60. The molecule has 0 aromatic rings. The average molecular weight is 194 g/mol. The van der Waals surface area contributed by atoms with E-state index in [4.69, 9.17) is 11.5 Å². The first kappa shape index (κ1) is 10.5. The third-order valence-electron chi connectivity index (χ3n) is 2.75. The first-order valence-electron chi connectivity index (χ1n) is 4.44. The van der Waals surface area contributed by atoms with Crippen molar-refractivity contribution in [3.63, 3.8) is 0 Å². The molecule has 0 aromatic heterocycles. The number of carbonyl (C=O) groups is 2. The van der Waals surface area contributed by atoms with E-state index >= 15 is 0 Å². The molecule has 14 heavy (non-hydrogen) atoms. The molecule has 1 aliphatic carbocycles. The molecule has 4 heteroatoms.